The number of hydrogen-bond acceptors (Lipinski definition) is 9. The quantitative estimate of drug-likeness (QED) is 0.139. The molecule has 0 spiro atoms. The van der Waals surface area contributed by atoms with E-state index in [1.54, 1.807) is 0 Å². The van der Waals surface area contributed by atoms with Crippen molar-refractivity contribution in [3.05, 3.63) is 0 Å². The Morgan fingerprint density at radius 2 is 0.590 bits per heavy atom. The average molecular weight is 693 g/mol. The van der Waals surface area contributed by atoms with Crippen LogP contribution in [0.25, 0.3) is 0 Å². The zero-order valence-electron chi connectivity index (χ0n) is 28.3. The molecule has 0 radical (unpaired) electrons. The lowest BCUT2D eigenvalue weighted by molar-refractivity contribution is 0.264. The van der Waals surface area contributed by atoms with Crippen molar-refractivity contribution < 1.29 is 28.8 Å². The van der Waals surface area contributed by atoms with Crippen LogP contribution in [0.15, 0.2) is 0 Å². The van der Waals surface area contributed by atoms with Crippen molar-refractivity contribution in [3.63, 3.8) is 0 Å². The third-order valence-electron chi connectivity index (χ3n) is 5.32. The molecule has 0 heterocycles. The molecule has 39 heavy (non-hydrogen) atoms. The van der Waals surface area contributed by atoms with Gasteiger partial charge in [0.1, 0.15) is 0 Å². The van der Waals surface area contributed by atoms with Gasteiger partial charge < -0.3 is 40.3 Å². The second-order valence-electron chi connectivity index (χ2n) is 14.5. The smallest absolute Gasteiger partial charge is 0.314 e. The summed E-state index contributed by atoms with van der Waals surface area (Å²) in [5.74, 6) is 0. The molecule has 0 saturated heterocycles. The van der Waals surface area contributed by atoms with Crippen LogP contribution in [0.2, 0.25) is 117 Å². The van der Waals surface area contributed by atoms with Gasteiger partial charge in [-0.2, -0.15) is 0 Å². The van der Waals surface area contributed by atoms with Crippen LogP contribution < -0.4 is 11.5 Å². The summed E-state index contributed by atoms with van der Waals surface area (Å²) >= 11 is 0. The normalized spacial score (nSPS) is 15.2. The fourth-order valence-corrected chi connectivity index (χ4v) is 46.1. The van der Waals surface area contributed by atoms with E-state index in [0.717, 1.165) is 24.9 Å². The largest absolute Gasteiger partial charge is 0.437 e. The summed E-state index contributed by atoms with van der Waals surface area (Å²) in [5, 5.41) is 0. The fourth-order valence-electron chi connectivity index (χ4n) is 5.59. The van der Waals surface area contributed by atoms with Crippen molar-refractivity contribution >= 4 is 68.0 Å². The molecule has 236 valence electrons. The Bertz CT molecular complexity index is 742. The van der Waals surface area contributed by atoms with Gasteiger partial charge in [-0.05, 0) is 143 Å². The van der Waals surface area contributed by atoms with E-state index < -0.39 is 68.0 Å². The van der Waals surface area contributed by atoms with Gasteiger partial charge in [-0.1, -0.05) is 0 Å². The van der Waals surface area contributed by atoms with Gasteiger partial charge in [0.25, 0.3) is 0 Å². The van der Waals surface area contributed by atoms with Crippen molar-refractivity contribution in [1.29, 1.82) is 0 Å². The molecule has 0 amide bonds. The van der Waals surface area contributed by atoms with Crippen molar-refractivity contribution in [3.8, 4) is 0 Å². The van der Waals surface area contributed by atoms with Gasteiger partial charge in [-0.3, -0.25) is 0 Å². The maximum atomic E-state index is 6.87. The van der Waals surface area contributed by atoms with E-state index in [2.05, 4.69) is 105 Å². The van der Waals surface area contributed by atoms with E-state index in [9.17, 15) is 0 Å². The van der Waals surface area contributed by atoms with E-state index in [1.807, 2.05) is 0 Å². The van der Waals surface area contributed by atoms with Crippen LogP contribution in [0.1, 0.15) is 12.8 Å². The zero-order chi connectivity index (χ0) is 31.2. The molecule has 0 aliphatic rings. The minimum Gasteiger partial charge on any atom is -0.437 e. The Hall–Kier alpha value is 1.38. The third kappa shape index (κ3) is 19.3. The lowest BCUT2D eigenvalue weighted by atomic mass is 10.5. The lowest BCUT2D eigenvalue weighted by Crippen LogP contribution is -2.61. The standard InChI is InChI=1S/C22H64N2O7Si8/c1-32(2,3)25-33(4,5)26-34(6,7)27-35(8,9)28-36(10,11)29-37(12,13)30-38(14,15)31-39(16,21-17-19-23)22-18-20-24/h17-24H2,1-16H3. The molecule has 0 fully saturated rings. The summed E-state index contributed by atoms with van der Waals surface area (Å²) in [6.07, 6.45) is 1.94. The molecular formula is C22H64N2O7Si8. The Morgan fingerprint density at radius 3 is 0.821 bits per heavy atom. The van der Waals surface area contributed by atoms with E-state index in [1.165, 1.54) is 0 Å². The highest BCUT2D eigenvalue weighted by atomic mass is 28.5. The molecule has 0 bridgehead atoms. The van der Waals surface area contributed by atoms with Gasteiger partial charge >= 0.3 is 51.4 Å². The van der Waals surface area contributed by atoms with Crippen molar-refractivity contribution in [2.75, 3.05) is 13.1 Å². The van der Waals surface area contributed by atoms with E-state index in [4.69, 9.17) is 40.3 Å². The van der Waals surface area contributed by atoms with E-state index >= 15 is 0 Å². The number of rotatable bonds is 20. The van der Waals surface area contributed by atoms with Crippen LogP contribution >= 0.6 is 0 Å². The molecule has 0 aliphatic carbocycles. The lowest BCUT2D eigenvalue weighted by Gasteiger charge is -2.44. The Kier molecular flexibility index (Phi) is 15.4. The molecule has 0 aliphatic heterocycles. The molecule has 9 nitrogen and oxygen atoms in total. The molecule has 0 atom stereocenters. The number of hydrogen-bond donors (Lipinski definition) is 2. The SMILES string of the molecule is C[Si](C)(C)O[Si](C)(C)O[Si](C)(C)O[Si](C)(C)O[Si](C)(C)O[Si](C)(C)O[Si](C)(C)O[Si](C)(CCCN)CCCN. The highest BCUT2D eigenvalue weighted by Crippen LogP contribution is 2.31. The van der Waals surface area contributed by atoms with Gasteiger partial charge in [0, 0.05) is 0 Å². The summed E-state index contributed by atoms with van der Waals surface area (Å²) in [6.45, 7) is 35.4. The zero-order valence-corrected chi connectivity index (χ0v) is 36.3. The predicted octanol–water partition coefficient (Wildman–Crippen LogP) is 6.42. The fraction of sp³-hybridized carbons (Fsp3) is 1.00. The van der Waals surface area contributed by atoms with Gasteiger partial charge in [-0.25, -0.2) is 0 Å². The molecule has 0 rings (SSSR count). The van der Waals surface area contributed by atoms with Crippen molar-refractivity contribution in [2.24, 2.45) is 11.5 Å². The van der Waals surface area contributed by atoms with E-state index in [-0.39, 0.29) is 0 Å². The second kappa shape index (κ2) is 14.9. The van der Waals surface area contributed by atoms with Gasteiger partial charge in [-0.15, -0.1) is 0 Å². The van der Waals surface area contributed by atoms with Crippen LogP contribution in [0.4, 0.5) is 0 Å². The average Bonchev–Trinajstić information content (AvgIpc) is 2.56. The molecule has 17 heteroatoms. The summed E-state index contributed by atoms with van der Waals surface area (Å²) in [7, 11) is -18.8. The topological polar surface area (TPSA) is 117 Å². The van der Waals surface area contributed by atoms with Crippen LogP contribution in [-0.4, -0.2) is 81.1 Å². The molecule has 0 unspecified atom stereocenters. The van der Waals surface area contributed by atoms with Gasteiger partial charge in [0.15, 0.2) is 16.6 Å². The monoisotopic (exact) mass is 692 g/mol. The maximum absolute atomic E-state index is 6.87. The van der Waals surface area contributed by atoms with Crippen LogP contribution in [-0.2, 0) is 28.8 Å². The number of nitrogens with two attached hydrogens (primary N) is 2. The van der Waals surface area contributed by atoms with Crippen LogP contribution in [0.5, 0.6) is 0 Å². The van der Waals surface area contributed by atoms with Crippen molar-refractivity contribution in [1.82, 2.24) is 0 Å². The first-order valence-corrected chi connectivity index (χ1v) is 37.5. The highest BCUT2D eigenvalue weighted by molar-refractivity contribution is 6.92. The first-order valence-electron chi connectivity index (χ1n) is 14.4. The van der Waals surface area contributed by atoms with Gasteiger partial charge in [0.2, 0.25) is 0 Å². The molecule has 0 aromatic carbocycles. The maximum Gasteiger partial charge on any atom is 0.314 e. The van der Waals surface area contributed by atoms with Crippen molar-refractivity contribution in [2.45, 2.75) is 130 Å². The molecule has 0 saturated carbocycles. The molecule has 4 N–H and O–H groups in total. The Morgan fingerprint density at radius 1 is 0.359 bits per heavy atom. The summed E-state index contributed by atoms with van der Waals surface area (Å²) in [4.78, 5) is 0. The Balaban J connectivity index is 5.42. The third-order valence-corrected chi connectivity index (χ3v) is 36.2. The minimum atomic E-state index is -2.60. The summed E-state index contributed by atoms with van der Waals surface area (Å²) < 4.78 is 46.7. The van der Waals surface area contributed by atoms with Crippen LogP contribution in [0.3, 0.4) is 0 Å². The molecule has 0 aromatic rings. The highest BCUT2D eigenvalue weighted by Gasteiger charge is 2.49. The molecule has 0 aromatic heterocycles. The second-order valence-corrected chi connectivity index (χ2v) is 45.1. The van der Waals surface area contributed by atoms with Gasteiger partial charge in [0.05, 0.1) is 0 Å². The first-order chi connectivity index (χ1) is 17.1. The van der Waals surface area contributed by atoms with E-state index in [0.29, 0.717) is 13.1 Å². The summed E-state index contributed by atoms with van der Waals surface area (Å²) in [6, 6.07) is 2.05. The summed E-state index contributed by atoms with van der Waals surface area (Å²) in [5.41, 5.74) is 11.7. The predicted molar refractivity (Wildman–Crippen MR) is 184 cm³/mol. The van der Waals surface area contributed by atoms with Crippen LogP contribution in [0, 0.1) is 0 Å². The minimum absolute atomic E-state index is 0.676. The Labute approximate surface area is 250 Å². The first kappa shape index (κ1) is 40.4. The molecular weight excluding hydrogens is 629 g/mol.